The van der Waals surface area contributed by atoms with Gasteiger partial charge < -0.3 is 5.73 Å². The molecule has 1 saturated heterocycles. The van der Waals surface area contributed by atoms with Gasteiger partial charge in [-0.3, -0.25) is 4.90 Å². The van der Waals surface area contributed by atoms with Gasteiger partial charge in [-0.15, -0.1) is 0 Å². The van der Waals surface area contributed by atoms with Crippen molar-refractivity contribution >= 4 is 17.2 Å². The first-order valence-electron chi connectivity index (χ1n) is 5.53. The molecule has 0 aromatic carbocycles. The third-order valence-electron chi connectivity index (χ3n) is 2.97. The van der Waals surface area contributed by atoms with Gasteiger partial charge in [-0.05, 0) is 32.0 Å². The van der Waals surface area contributed by atoms with Crippen molar-refractivity contribution in [2.24, 2.45) is 11.7 Å². The maximum atomic E-state index is 5.65. The Morgan fingerprint density at radius 2 is 2.00 bits per heavy atom. The third kappa shape index (κ3) is 2.96. The summed E-state index contributed by atoms with van der Waals surface area (Å²) in [4.78, 5) is 11.5. The Labute approximate surface area is 101 Å². The van der Waals surface area contributed by atoms with Crippen molar-refractivity contribution in [3.63, 3.8) is 0 Å². The fraction of sp³-hybridized carbons (Fsp3) is 0.545. The SMILES string of the molecule is NC(=S)C1CCN(Cc2ncccn2)CC1. The Kier molecular flexibility index (Phi) is 3.79. The Hall–Kier alpha value is -1.07. The van der Waals surface area contributed by atoms with E-state index >= 15 is 0 Å². The van der Waals surface area contributed by atoms with Gasteiger partial charge in [0.05, 0.1) is 11.5 Å². The summed E-state index contributed by atoms with van der Waals surface area (Å²) < 4.78 is 0. The summed E-state index contributed by atoms with van der Waals surface area (Å²) in [7, 11) is 0. The van der Waals surface area contributed by atoms with Crippen LogP contribution in [-0.4, -0.2) is 32.9 Å². The molecule has 1 aliphatic heterocycles. The van der Waals surface area contributed by atoms with Crippen molar-refractivity contribution in [1.29, 1.82) is 0 Å². The first-order chi connectivity index (χ1) is 7.75. The van der Waals surface area contributed by atoms with E-state index in [9.17, 15) is 0 Å². The van der Waals surface area contributed by atoms with Crippen LogP contribution in [-0.2, 0) is 6.54 Å². The average molecular weight is 236 g/mol. The number of thiocarbonyl (C=S) groups is 1. The van der Waals surface area contributed by atoms with Crippen molar-refractivity contribution in [1.82, 2.24) is 14.9 Å². The number of aromatic nitrogens is 2. The van der Waals surface area contributed by atoms with Gasteiger partial charge in [0.15, 0.2) is 0 Å². The highest BCUT2D eigenvalue weighted by Crippen LogP contribution is 2.18. The number of nitrogens with zero attached hydrogens (tertiary/aromatic N) is 3. The number of likely N-dealkylation sites (tertiary alicyclic amines) is 1. The summed E-state index contributed by atoms with van der Waals surface area (Å²) in [6.45, 7) is 2.88. The van der Waals surface area contributed by atoms with E-state index in [1.54, 1.807) is 12.4 Å². The maximum absolute atomic E-state index is 5.65. The lowest BCUT2D eigenvalue weighted by Crippen LogP contribution is -2.37. The molecule has 0 unspecified atom stereocenters. The van der Waals surface area contributed by atoms with Gasteiger partial charge in [0, 0.05) is 18.3 Å². The fourth-order valence-corrected chi connectivity index (χ4v) is 2.22. The summed E-state index contributed by atoms with van der Waals surface area (Å²) in [6, 6.07) is 1.84. The third-order valence-corrected chi connectivity index (χ3v) is 3.31. The van der Waals surface area contributed by atoms with Crippen LogP contribution in [0.1, 0.15) is 18.7 Å². The lowest BCUT2D eigenvalue weighted by atomic mass is 9.97. The first kappa shape index (κ1) is 11.4. The van der Waals surface area contributed by atoms with E-state index in [0.29, 0.717) is 10.9 Å². The second-order valence-corrected chi connectivity index (χ2v) is 4.59. The molecular weight excluding hydrogens is 220 g/mol. The minimum Gasteiger partial charge on any atom is -0.393 e. The standard InChI is InChI=1S/C11H16N4S/c12-11(16)9-2-6-15(7-3-9)8-10-13-4-1-5-14-10/h1,4-5,9H,2-3,6-8H2,(H2,12,16). The number of rotatable bonds is 3. The molecule has 0 bridgehead atoms. The number of hydrogen-bond acceptors (Lipinski definition) is 4. The number of piperidine rings is 1. The molecule has 1 aliphatic rings. The molecule has 86 valence electrons. The lowest BCUT2D eigenvalue weighted by molar-refractivity contribution is 0.198. The van der Waals surface area contributed by atoms with Gasteiger partial charge in [0.1, 0.15) is 5.82 Å². The van der Waals surface area contributed by atoms with Gasteiger partial charge in [0.2, 0.25) is 0 Å². The summed E-state index contributed by atoms with van der Waals surface area (Å²) in [6.07, 6.45) is 5.68. The molecule has 0 aliphatic carbocycles. The topological polar surface area (TPSA) is 55.0 Å². The van der Waals surface area contributed by atoms with Gasteiger partial charge in [-0.1, -0.05) is 12.2 Å². The monoisotopic (exact) mass is 236 g/mol. The normalized spacial score (nSPS) is 18.5. The molecular formula is C11H16N4S. The Morgan fingerprint density at radius 3 is 2.56 bits per heavy atom. The van der Waals surface area contributed by atoms with Crippen LogP contribution in [0.4, 0.5) is 0 Å². The minimum atomic E-state index is 0.419. The molecule has 2 rings (SSSR count). The van der Waals surface area contributed by atoms with Gasteiger partial charge in [-0.2, -0.15) is 0 Å². The van der Waals surface area contributed by atoms with E-state index in [0.717, 1.165) is 38.3 Å². The van der Waals surface area contributed by atoms with Crippen LogP contribution in [0.2, 0.25) is 0 Å². The molecule has 2 N–H and O–H groups in total. The summed E-state index contributed by atoms with van der Waals surface area (Å²) in [5.41, 5.74) is 5.65. The molecule has 1 fully saturated rings. The molecule has 1 aromatic rings. The van der Waals surface area contributed by atoms with Crippen LogP contribution >= 0.6 is 12.2 Å². The predicted octanol–water partition coefficient (Wildman–Crippen LogP) is 0.975. The first-order valence-corrected chi connectivity index (χ1v) is 5.94. The molecule has 0 saturated carbocycles. The Morgan fingerprint density at radius 1 is 1.38 bits per heavy atom. The largest absolute Gasteiger partial charge is 0.393 e. The zero-order valence-corrected chi connectivity index (χ0v) is 9.99. The summed E-state index contributed by atoms with van der Waals surface area (Å²) in [5.74, 6) is 1.30. The van der Waals surface area contributed by atoms with Crippen molar-refractivity contribution in [3.05, 3.63) is 24.3 Å². The molecule has 2 heterocycles. The molecule has 4 nitrogen and oxygen atoms in total. The molecule has 0 spiro atoms. The molecule has 16 heavy (non-hydrogen) atoms. The second-order valence-electron chi connectivity index (χ2n) is 4.12. The van der Waals surface area contributed by atoms with Crippen LogP contribution < -0.4 is 5.73 Å². The van der Waals surface area contributed by atoms with Gasteiger partial charge in [0.25, 0.3) is 0 Å². The van der Waals surface area contributed by atoms with E-state index in [-0.39, 0.29) is 0 Å². The minimum absolute atomic E-state index is 0.419. The van der Waals surface area contributed by atoms with Crippen LogP contribution in [0.3, 0.4) is 0 Å². The van der Waals surface area contributed by atoms with E-state index in [1.165, 1.54) is 0 Å². The van der Waals surface area contributed by atoms with E-state index in [4.69, 9.17) is 18.0 Å². The predicted molar refractivity (Wildman–Crippen MR) is 66.8 cm³/mol. The highest BCUT2D eigenvalue weighted by Gasteiger charge is 2.21. The highest BCUT2D eigenvalue weighted by atomic mass is 32.1. The van der Waals surface area contributed by atoms with Crippen molar-refractivity contribution in [2.45, 2.75) is 19.4 Å². The second kappa shape index (κ2) is 5.32. The smallest absolute Gasteiger partial charge is 0.142 e. The molecule has 0 radical (unpaired) electrons. The van der Waals surface area contributed by atoms with Crippen molar-refractivity contribution in [2.75, 3.05) is 13.1 Å². The lowest BCUT2D eigenvalue weighted by Gasteiger charge is -2.30. The zero-order valence-electron chi connectivity index (χ0n) is 9.17. The zero-order chi connectivity index (χ0) is 11.4. The fourth-order valence-electron chi connectivity index (χ4n) is 1.99. The van der Waals surface area contributed by atoms with Crippen LogP contribution in [0.25, 0.3) is 0 Å². The van der Waals surface area contributed by atoms with Crippen molar-refractivity contribution < 1.29 is 0 Å². The van der Waals surface area contributed by atoms with Gasteiger partial charge >= 0.3 is 0 Å². The molecule has 5 heteroatoms. The molecule has 0 atom stereocenters. The van der Waals surface area contributed by atoms with Gasteiger partial charge in [-0.25, -0.2) is 9.97 Å². The van der Waals surface area contributed by atoms with E-state index in [2.05, 4.69) is 14.9 Å². The Balaban J connectivity index is 1.84. The van der Waals surface area contributed by atoms with E-state index < -0.39 is 0 Å². The number of nitrogens with two attached hydrogens (primary N) is 1. The summed E-state index contributed by atoms with van der Waals surface area (Å²) in [5, 5.41) is 0. The van der Waals surface area contributed by atoms with Crippen LogP contribution in [0.5, 0.6) is 0 Å². The summed E-state index contributed by atoms with van der Waals surface area (Å²) >= 11 is 5.02. The van der Waals surface area contributed by atoms with Crippen molar-refractivity contribution in [3.8, 4) is 0 Å². The maximum Gasteiger partial charge on any atom is 0.142 e. The van der Waals surface area contributed by atoms with Crippen LogP contribution in [0.15, 0.2) is 18.5 Å². The highest BCUT2D eigenvalue weighted by molar-refractivity contribution is 7.80. The average Bonchev–Trinajstić information content (AvgIpc) is 2.31. The van der Waals surface area contributed by atoms with Crippen LogP contribution in [0, 0.1) is 5.92 Å². The quantitative estimate of drug-likeness (QED) is 0.793. The molecule has 0 amide bonds. The Bertz CT molecular complexity index is 346. The number of hydrogen-bond donors (Lipinski definition) is 1. The molecule has 1 aromatic heterocycles. The van der Waals surface area contributed by atoms with E-state index in [1.807, 2.05) is 6.07 Å².